The second-order valence-electron chi connectivity index (χ2n) is 5.74. The average Bonchev–Trinajstić information content (AvgIpc) is 2.66. The molecule has 2 aliphatic rings. The summed E-state index contributed by atoms with van der Waals surface area (Å²) < 4.78 is 11.4. The van der Waals surface area contributed by atoms with Crippen molar-refractivity contribution in [2.24, 2.45) is 11.7 Å². The van der Waals surface area contributed by atoms with Gasteiger partial charge in [-0.15, -0.1) is 0 Å². The molecule has 1 aromatic carbocycles. The lowest BCUT2D eigenvalue weighted by molar-refractivity contribution is 0.296. The van der Waals surface area contributed by atoms with E-state index in [1.54, 1.807) is 0 Å². The summed E-state index contributed by atoms with van der Waals surface area (Å²) in [5, 5.41) is 0. The second-order valence-corrected chi connectivity index (χ2v) is 5.74. The first-order valence-corrected chi connectivity index (χ1v) is 7.47. The van der Waals surface area contributed by atoms with Crippen molar-refractivity contribution in [2.45, 2.75) is 44.6 Å². The van der Waals surface area contributed by atoms with Crippen LogP contribution in [0, 0.1) is 5.92 Å². The van der Waals surface area contributed by atoms with Crippen molar-refractivity contribution >= 4 is 0 Å². The molecule has 104 valence electrons. The number of hydrogen-bond donors (Lipinski definition) is 1. The van der Waals surface area contributed by atoms with Gasteiger partial charge in [-0.2, -0.15) is 0 Å². The summed E-state index contributed by atoms with van der Waals surface area (Å²) >= 11 is 0. The number of hydrogen-bond acceptors (Lipinski definition) is 3. The maximum absolute atomic E-state index is 6.23. The van der Waals surface area contributed by atoms with Crippen LogP contribution in [0.2, 0.25) is 0 Å². The molecular weight excluding hydrogens is 238 g/mol. The van der Waals surface area contributed by atoms with Crippen LogP contribution in [0.25, 0.3) is 0 Å². The highest BCUT2D eigenvalue weighted by molar-refractivity contribution is 5.43. The summed E-state index contributed by atoms with van der Waals surface area (Å²) in [4.78, 5) is 0. The van der Waals surface area contributed by atoms with Gasteiger partial charge in [0.2, 0.25) is 0 Å². The average molecular weight is 261 g/mol. The molecule has 0 bridgehead atoms. The number of rotatable bonds is 2. The van der Waals surface area contributed by atoms with E-state index in [2.05, 4.69) is 12.1 Å². The van der Waals surface area contributed by atoms with E-state index >= 15 is 0 Å². The third-order valence-corrected chi connectivity index (χ3v) is 4.28. The fraction of sp³-hybridized carbons (Fsp3) is 0.625. The number of ether oxygens (including phenoxy) is 2. The predicted molar refractivity (Wildman–Crippen MR) is 75.7 cm³/mol. The lowest BCUT2D eigenvalue weighted by Gasteiger charge is -2.28. The SMILES string of the molecule is NC1CCCCC1Cc1ccc2c(c1)OCCCO2. The third kappa shape index (κ3) is 3.03. The van der Waals surface area contributed by atoms with Crippen molar-refractivity contribution < 1.29 is 9.47 Å². The third-order valence-electron chi connectivity index (χ3n) is 4.28. The van der Waals surface area contributed by atoms with Crippen molar-refractivity contribution in [2.75, 3.05) is 13.2 Å². The highest BCUT2D eigenvalue weighted by atomic mass is 16.5. The minimum absolute atomic E-state index is 0.365. The van der Waals surface area contributed by atoms with Crippen LogP contribution in [0.4, 0.5) is 0 Å². The Morgan fingerprint density at radius 2 is 1.79 bits per heavy atom. The number of fused-ring (bicyclic) bond motifs is 1. The number of benzene rings is 1. The topological polar surface area (TPSA) is 44.5 Å². The summed E-state index contributed by atoms with van der Waals surface area (Å²) in [5.74, 6) is 2.41. The fourth-order valence-electron chi connectivity index (χ4n) is 3.13. The largest absolute Gasteiger partial charge is 0.490 e. The van der Waals surface area contributed by atoms with E-state index in [1.165, 1.54) is 31.2 Å². The molecule has 1 aliphatic carbocycles. The van der Waals surface area contributed by atoms with Crippen LogP contribution in [0.3, 0.4) is 0 Å². The van der Waals surface area contributed by atoms with Gasteiger partial charge in [0.1, 0.15) is 0 Å². The smallest absolute Gasteiger partial charge is 0.161 e. The van der Waals surface area contributed by atoms with Crippen LogP contribution in [-0.2, 0) is 6.42 Å². The predicted octanol–water partition coefficient (Wildman–Crippen LogP) is 2.91. The van der Waals surface area contributed by atoms with Crippen LogP contribution in [0.1, 0.15) is 37.7 Å². The number of nitrogens with two attached hydrogens (primary N) is 1. The molecule has 19 heavy (non-hydrogen) atoms. The van der Waals surface area contributed by atoms with Crippen molar-refractivity contribution in [3.05, 3.63) is 23.8 Å². The molecule has 1 fully saturated rings. The van der Waals surface area contributed by atoms with Crippen molar-refractivity contribution in [1.82, 2.24) is 0 Å². The van der Waals surface area contributed by atoms with Crippen LogP contribution < -0.4 is 15.2 Å². The van der Waals surface area contributed by atoms with Crippen LogP contribution in [0.15, 0.2) is 18.2 Å². The molecule has 3 nitrogen and oxygen atoms in total. The van der Waals surface area contributed by atoms with E-state index in [4.69, 9.17) is 15.2 Å². The Morgan fingerprint density at radius 3 is 2.63 bits per heavy atom. The maximum atomic E-state index is 6.23. The summed E-state index contributed by atoms with van der Waals surface area (Å²) in [7, 11) is 0. The van der Waals surface area contributed by atoms with Crippen LogP contribution >= 0.6 is 0 Å². The van der Waals surface area contributed by atoms with Gasteiger partial charge in [0.15, 0.2) is 11.5 Å². The molecule has 2 atom stereocenters. The van der Waals surface area contributed by atoms with Gasteiger partial charge >= 0.3 is 0 Å². The summed E-state index contributed by atoms with van der Waals surface area (Å²) in [5.41, 5.74) is 7.56. The van der Waals surface area contributed by atoms with Crippen LogP contribution in [-0.4, -0.2) is 19.3 Å². The molecule has 2 N–H and O–H groups in total. The molecule has 0 aromatic heterocycles. The molecule has 3 rings (SSSR count). The Hall–Kier alpha value is -1.22. The minimum atomic E-state index is 0.365. The van der Waals surface area contributed by atoms with Crippen molar-refractivity contribution in [3.63, 3.8) is 0 Å². The van der Waals surface area contributed by atoms with Gasteiger partial charge in [-0.1, -0.05) is 18.9 Å². The van der Waals surface area contributed by atoms with E-state index in [0.29, 0.717) is 12.0 Å². The summed E-state index contributed by atoms with van der Waals surface area (Å²) in [6.45, 7) is 1.50. The first kappa shape index (κ1) is 12.8. The zero-order chi connectivity index (χ0) is 13.1. The molecule has 1 aromatic rings. The first-order chi connectivity index (χ1) is 9.33. The molecule has 0 radical (unpaired) electrons. The zero-order valence-electron chi connectivity index (χ0n) is 11.4. The van der Waals surface area contributed by atoms with Gasteiger partial charge in [0, 0.05) is 12.5 Å². The molecule has 1 saturated carbocycles. The quantitative estimate of drug-likeness (QED) is 0.890. The highest BCUT2D eigenvalue weighted by Crippen LogP contribution is 2.33. The van der Waals surface area contributed by atoms with Gasteiger partial charge in [-0.3, -0.25) is 0 Å². The molecule has 0 spiro atoms. The monoisotopic (exact) mass is 261 g/mol. The highest BCUT2D eigenvalue weighted by Gasteiger charge is 2.22. The van der Waals surface area contributed by atoms with E-state index in [9.17, 15) is 0 Å². The zero-order valence-corrected chi connectivity index (χ0v) is 11.4. The Kier molecular flexibility index (Phi) is 3.92. The Labute approximate surface area is 115 Å². The standard InChI is InChI=1S/C16H23NO2/c17-14-5-2-1-4-13(14)10-12-6-7-15-16(11-12)19-9-3-8-18-15/h6-7,11,13-14H,1-5,8-10,17H2. The summed E-state index contributed by atoms with van der Waals surface area (Å²) in [6.07, 6.45) is 7.07. The molecule has 2 unspecified atom stereocenters. The van der Waals surface area contributed by atoms with Gasteiger partial charge in [0.05, 0.1) is 13.2 Å². The Morgan fingerprint density at radius 1 is 1.00 bits per heavy atom. The Balaban J connectivity index is 1.72. The second kappa shape index (κ2) is 5.83. The van der Waals surface area contributed by atoms with Crippen molar-refractivity contribution in [1.29, 1.82) is 0 Å². The molecule has 0 amide bonds. The lowest BCUT2D eigenvalue weighted by Crippen LogP contribution is -2.34. The first-order valence-electron chi connectivity index (χ1n) is 7.47. The van der Waals surface area contributed by atoms with Gasteiger partial charge in [-0.25, -0.2) is 0 Å². The molecule has 3 heteroatoms. The van der Waals surface area contributed by atoms with E-state index < -0.39 is 0 Å². The van der Waals surface area contributed by atoms with Gasteiger partial charge in [0.25, 0.3) is 0 Å². The van der Waals surface area contributed by atoms with E-state index in [-0.39, 0.29) is 0 Å². The van der Waals surface area contributed by atoms with Gasteiger partial charge < -0.3 is 15.2 Å². The molecule has 1 heterocycles. The van der Waals surface area contributed by atoms with E-state index in [1.807, 2.05) is 6.07 Å². The normalized spacial score (nSPS) is 26.8. The Bertz CT molecular complexity index is 433. The molecule has 0 saturated heterocycles. The minimum Gasteiger partial charge on any atom is -0.490 e. The molecular formula is C16H23NO2. The van der Waals surface area contributed by atoms with Gasteiger partial charge in [-0.05, 0) is 42.9 Å². The van der Waals surface area contributed by atoms with Crippen LogP contribution in [0.5, 0.6) is 11.5 Å². The van der Waals surface area contributed by atoms with E-state index in [0.717, 1.165) is 37.6 Å². The lowest BCUT2D eigenvalue weighted by atomic mass is 9.81. The maximum Gasteiger partial charge on any atom is 0.161 e. The fourth-order valence-corrected chi connectivity index (χ4v) is 3.13. The summed E-state index contributed by atoms with van der Waals surface area (Å²) in [6, 6.07) is 6.71. The molecule has 1 aliphatic heterocycles. The van der Waals surface area contributed by atoms with Crippen molar-refractivity contribution in [3.8, 4) is 11.5 Å².